The summed E-state index contributed by atoms with van der Waals surface area (Å²) < 4.78 is 27.4. The van der Waals surface area contributed by atoms with E-state index < -0.39 is 27.3 Å². The van der Waals surface area contributed by atoms with E-state index in [2.05, 4.69) is 4.72 Å². The fourth-order valence-electron chi connectivity index (χ4n) is 3.18. The fourth-order valence-corrected chi connectivity index (χ4v) is 4.26. The topological polar surface area (TPSA) is 106 Å². The molecule has 140 valence electrons. The molecular weight excluding hydrogens is 352 g/mol. The Bertz CT molecular complexity index is 916. The maximum atomic E-state index is 12.7. The second kappa shape index (κ2) is 7.86. The maximum Gasteiger partial charge on any atom is 0.264 e. The lowest BCUT2D eigenvalue weighted by atomic mass is 9.78. The predicted octanol–water partition coefficient (Wildman–Crippen LogP) is 2.72. The summed E-state index contributed by atoms with van der Waals surface area (Å²) in [5.41, 5.74) is 3.96. The van der Waals surface area contributed by atoms with Crippen molar-refractivity contribution in [3.63, 3.8) is 0 Å². The molecule has 2 aromatic carbocycles. The largest absolute Gasteiger partial charge is 0.369 e. The number of amides is 2. The first-order valence-corrected chi connectivity index (χ1v) is 10.1. The second-order valence-electron chi connectivity index (χ2n) is 6.39. The third-order valence-electron chi connectivity index (χ3n) is 4.52. The Balaban J connectivity index is 2.38. The first-order chi connectivity index (χ1) is 12.3. The van der Waals surface area contributed by atoms with Crippen molar-refractivity contribution in [3.05, 3.63) is 42.5 Å². The average Bonchev–Trinajstić information content (AvgIpc) is 2.60. The molecule has 0 aromatic heterocycles. The average molecular weight is 376 g/mol. The summed E-state index contributed by atoms with van der Waals surface area (Å²) in [7, 11) is -4.11. The number of sulfonamides is 1. The number of rotatable bonds is 8. The number of hydrogen-bond acceptors (Lipinski definition) is 4. The molecule has 2 aromatic rings. The Hall–Kier alpha value is -2.41. The summed E-state index contributed by atoms with van der Waals surface area (Å²) in [5, 5.41) is 1.63. The number of nitrogens with one attached hydrogen (secondary N) is 1. The van der Waals surface area contributed by atoms with Crippen molar-refractivity contribution >= 4 is 32.6 Å². The first kappa shape index (κ1) is 19.9. The number of carbonyl (C=O) groups is 2. The van der Waals surface area contributed by atoms with E-state index in [1.54, 1.807) is 18.2 Å². The highest BCUT2D eigenvalue weighted by Crippen LogP contribution is 2.31. The van der Waals surface area contributed by atoms with Crippen molar-refractivity contribution in [2.24, 2.45) is 11.1 Å². The van der Waals surface area contributed by atoms with Gasteiger partial charge in [0.2, 0.25) is 11.8 Å². The molecule has 0 atom stereocenters. The highest BCUT2D eigenvalue weighted by atomic mass is 32.2. The van der Waals surface area contributed by atoms with Crippen LogP contribution in [0.4, 0.5) is 0 Å². The summed E-state index contributed by atoms with van der Waals surface area (Å²) in [4.78, 5) is 24.7. The van der Waals surface area contributed by atoms with Gasteiger partial charge in [-0.3, -0.25) is 9.59 Å². The van der Waals surface area contributed by atoms with Gasteiger partial charge in [-0.2, -0.15) is 0 Å². The van der Waals surface area contributed by atoms with Gasteiger partial charge in [0.05, 0.1) is 4.90 Å². The van der Waals surface area contributed by atoms with Crippen molar-refractivity contribution in [2.75, 3.05) is 0 Å². The fraction of sp³-hybridized carbons (Fsp3) is 0.368. The van der Waals surface area contributed by atoms with E-state index in [1.165, 1.54) is 12.1 Å². The zero-order chi connectivity index (χ0) is 19.4. The van der Waals surface area contributed by atoms with Gasteiger partial charge >= 0.3 is 0 Å². The number of carbonyl (C=O) groups excluding carboxylic acids is 2. The zero-order valence-electron chi connectivity index (χ0n) is 15.0. The molecule has 6 nitrogen and oxygen atoms in total. The van der Waals surface area contributed by atoms with Gasteiger partial charge in [0.25, 0.3) is 10.0 Å². The van der Waals surface area contributed by atoms with Crippen molar-refractivity contribution in [3.8, 4) is 0 Å². The van der Waals surface area contributed by atoms with Crippen LogP contribution >= 0.6 is 0 Å². The van der Waals surface area contributed by atoms with Crippen LogP contribution in [0.2, 0.25) is 0 Å². The molecule has 0 spiro atoms. The molecule has 0 saturated carbocycles. The number of hydrogen-bond donors (Lipinski definition) is 2. The van der Waals surface area contributed by atoms with E-state index in [-0.39, 0.29) is 17.7 Å². The van der Waals surface area contributed by atoms with Gasteiger partial charge in [-0.15, -0.1) is 0 Å². The smallest absolute Gasteiger partial charge is 0.264 e. The monoisotopic (exact) mass is 376 g/mol. The molecule has 2 amide bonds. The Morgan fingerprint density at radius 3 is 2.12 bits per heavy atom. The van der Waals surface area contributed by atoms with Crippen LogP contribution in [0.25, 0.3) is 10.8 Å². The van der Waals surface area contributed by atoms with Crippen LogP contribution in [-0.4, -0.2) is 20.2 Å². The standard InChI is InChI=1S/C19H24N2O4S/c1-3-11-19(12-4-2,17(20)22)18(23)21-26(24,25)16-10-9-14-7-5-6-8-15(14)13-16/h5-10,13H,3-4,11-12H2,1-2H3,(H2,20,22)(H,21,23). The number of primary amides is 1. The number of fused-ring (bicyclic) bond motifs is 1. The predicted molar refractivity (Wildman–Crippen MR) is 101 cm³/mol. The molecule has 0 unspecified atom stereocenters. The molecule has 26 heavy (non-hydrogen) atoms. The Labute approximate surface area is 153 Å². The van der Waals surface area contributed by atoms with Crippen LogP contribution in [0, 0.1) is 5.41 Å². The van der Waals surface area contributed by atoms with Crippen molar-refractivity contribution in [1.82, 2.24) is 4.72 Å². The Kier molecular flexibility index (Phi) is 6.02. The third kappa shape index (κ3) is 3.88. The van der Waals surface area contributed by atoms with Gasteiger partial charge in [0.1, 0.15) is 5.41 Å². The molecule has 0 aliphatic heterocycles. The summed E-state index contributed by atoms with van der Waals surface area (Å²) >= 11 is 0. The van der Waals surface area contributed by atoms with E-state index in [0.29, 0.717) is 12.8 Å². The van der Waals surface area contributed by atoms with Crippen LogP contribution in [0.3, 0.4) is 0 Å². The highest BCUT2D eigenvalue weighted by molar-refractivity contribution is 7.90. The van der Waals surface area contributed by atoms with Gasteiger partial charge in [0.15, 0.2) is 0 Å². The first-order valence-electron chi connectivity index (χ1n) is 8.63. The summed E-state index contributed by atoms with van der Waals surface area (Å²) in [6.07, 6.45) is 1.48. The van der Waals surface area contributed by atoms with E-state index in [0.717, 1.165) is 10.8 Å². The minimum atomic E-state index is -4.11. The molecule has 0 aliphatic rings. The summed E-state index contributed by atoms with van der Waals surface area (Å²) in [6, 6.07) is 11.9. The molecule has 7 heteroatoms. The molecule has 2 rings (SSSR count). The van der Waals surface area contributed by atoms with Crippen molar-refractivity contribution in [1.29, 1.82) is 0 Å². The molecule has 0 radical (unpaired) electrons. The van der Waals surface area contributed by atoms with Crippen LogP contribution < -0.4 is 10.5 Å². The maximum absolute atomic E-state index is 12.7. The second-order valence-corrected chi connectivity index (χ2v) is 8.07. The van der Waals surface area contributed by atoms with E-state index in [1.807, 2.05) is 26.0 Å². The van der Waals surface area contributed by atoms with Gasteiger partial charge in [-0.1, -0.05) is 57.0 Å². The van der Waals surface area contributed by atoms with Crippen LogP contribution in [0.1, 0.15) is 39.5 Å². The summed E-state index contributed by atoms with van der Waals surface area (Å²) in [6.45, 7) is 3.64. The van der Waals surface area contributed by atoms with Crippen molar-refractivity contribution < 1.29 is 18.0 Å². The molecule has 0 heterocycles. The molecule has 3 N–H and O–H groups in total. The lowest BCUT2D eigenvalue weighted by Gasteiger charge is -2.28. The van der Waals surface area contributed by atoms with E-state index in [4.69, 9.17) is 5.73 Å². The van der Waals surface area contributed by atoms with Crippen molar-refractivity contribution in [2.45, 2.75) is 44.4 Å². The van der Waals surface area contributed by atoms with Gasteiger partial charge in [-0.05, 0) is 35.7 Å². The van der Waals surface area contributed by atoms with Gasteiger partial charge in [-0.25, -0.2) is 13.1 Å². The lowest BCUT2D eigenvalue weighted by Crippen LogP contribution is -2.51. The van der Waals surface area contributed by atoms with Crippen LogP contribution in [-0.2, 0) is 19.6 Å². The molecule has 0 bridgehead atoms. The van der Waals surface area contributed by atoms with Gasteiger partial charge in [0, 0.05) is 0 Å². The number of nitrogens with two attached hydrogens (primary N) is 1. The molecule has 0 saturated heterocycles. The van der Waals surface area contributed by atoms with Crippen LogP contribution in [0.15, 0.2) is 47.4 Å². The quantitative estimate of drug-likeness (QED) is 0.691. The Morgan fingerprint density at radius 1 is 1.00 bits per heavy atom. The van der Waals surface area contributed by atoms with Gasteiger partial charge < -0.3 is 5.73 Å². The Morgan fingerprint density at radius 2 is 1.58 bits per heavy atom. The molecule has 0 fully saturated rings. The van der Waals surface area contributed by atoms with E-state index in [9.17, 15) is 18.0 Å². The molecular formula is C19H24N2O4S. The summed E-state index contributed by atoms with van der Waals surface area (Å²) in [5.74, 6) is -1.66. The SMILES string of the molecule is CCCC(CCC)(C(N)=O)C(=O)NS(=O)(=O)c1ccc2ccccc2c1. The minimum Gasteiger partial charge on any atom is -0.369 e. The van der Waals surface area contributed by atoms with E-state index >= 15 is 0 Å². The van der Waals surface area contributed by atoms with Crippen LogP contribution in [0.5, 0.6) is 0 Å². The minimum absolute atomic E-state index is 0.0316. The third-order valence-corrected chi connectivity index (χ3v) is 5.85. The number of benzene rings is 2. The lowest BCUT2D eigenvalue weighted by molar-refractivity contribution is -0.141. The molecule has 0 aliphatic carbocycles. The normalized spacial score (nSPS) is 12.1. The highest BCUT2D eigenvalue weighted by Gasteiger charge is 2.44. The zero-order valence-corrected chi connectivity index (χ0v) is 15.8.